The average Bonchev–Trinajstić information content (AvgIpc) is 2.52. The van der Waals surface area contributed by atoms with E-state index in [4.69, 9.17) is 23.2 Å². The van der Waals surface area contributed by atoms with Crippen molar-refractivity contribution in [1.82, 2.24) is 5.32 Å². The summed E-state index contributed by atoms with van der Waals surface area (Å²) in [6.45, 7) is 2.96. The van der Waals surface area contributed by atoms with Crippen molar-refractivity contribution in [3.63, 3.8) is 0 Å². The number of hydrogen-bond acceptors (Lipinski definition) is 4. The quantitative estimate of drug-likeness (QED) is 0.657. The van der Waals surface area contributed by atoms with Gasteiger partial charge in [-0.05, 0) is 45.2 Å². The fourth-order valence-corrected chi connectivity index (χ4v) is 4.39. The summed E-state index contributed by atoms with van der Waals surface area (Å²) in [4.78, 5) is 11.8. The Balaban J connectivity index is 2.25. The van der Waals surface area contributed by atoms with E-state index in [9.17, 15) is 18.3 Å². The van der Waals surface area contributed by atoms with E-state index < -0.39 is 31.8 Å². The molecule has 0 saturated carbocycles. The molecule has 0 bridgehead atoms. The lowest BCUT2D eigenvalue weighted by atomic mass is 10.0. The number of nitrogens with one attached hydrogen (secondary N) is 2. The highest BCUT2D eigenvalue weighted by Crippen LogP contribution is 2.38. The summed E-state index contributed by atoms with van der Waals surface area (Å²) in [5.74, 6) is -0.582. The number of phenols is 1. The number of rotatable bonds is 4. The number of sulfone groups is 1. The molecule has 6 nitrogen and oxygen atoms in total. The second-order valence-corrected chi connectivity index (χ2v) is 9.32. The van der Waals surface area contributed by atoms with Crippen LogP contribution in [0.15, 0.2) is 28.1 Å². The number of urea groups is 1. The lowest BCUT2D eigenvalue weighted by Gasteiger charge is -2.22. The number of phenolic OH excluding ortho intramolecular Hbond substituents is 1. The van der Waals surface area contributed by atoms with Crippen LogP contribution in [0.1, 0.15) is 33.1 Å². The van der Waals surface area contributed by atoms with Crippen LogP contribution in [0.5, 0.6) is 5.75 Å². The van der Waals surface area contributed by atoms with Crippen LogP contribution in [0.4, 0.5) is 10.5 Å². The molecule has 2 amide bonds. The van der Waals surface area contributed by atoms with Crippen LogP contribution in [0.3, 0.4) is 0 Å². The first kappa shape index (κ1) is 19.9. The third-order valence-electron chi connectivity index (χ3n) is 3.91. The Morgan fingerprint density at radius 3 is 2.60 bits per heavy atom. The van der Waals surface area contributed by atoms with Crippen LogP contribution in [0.2, 0.25) is 5.02 Å². The maximum atomic E-state index is 12.4. The topological polar surface area (TPSA) is 95.5 Å². The van der Waals surface area contributed by atoms with Crippen LogP contribution >= 0.6 is 23.2 Å². The number of halogens is 2. The van der Waals surface area contributed by atoms with Gasteiger partial charge in [-0.1, -0.05) is 29.3 Å². The molecule has 0 heterocycles. The van der Waals surface area contributed by atoms with Crippen LogP contribution in [0, 0.1) is 0 Å². The Morgan fingerprint density at radius 1 is 1.32 bits per heavy atom. The Hall–Kier alpha value is -1.44. The number of benzene rings is 1. The molecule has 1 aliphatic carbocycles. The van der Waals surface area contributed by atoms with Gasteiger partial charge in [-0.3, -0.25) is 0 Å². The summed E-state index contributed by atoms with van der Waals surface area (Å²) >= 11 is 12.0. The second-order valence-electron chi connectivity index (χ2n) is 6.04. The molecule has 0 aromatic heterocycles. The molecule has 1 aliphatic rings. The molecule has 1 aromatic carbocycles. The smallest absolute Gasteiger partial charge is 0.319 e. The third-order valence-corrected chi connectivity index (χ3v) is 6.98. The van der Waals surface area contributed by atoms with Gasteiger partial charge in [-0.25, -0.2) is 13.2 Å². The standard InChI is InChI=1S/C16H20Cl2N2O4S/c1-9(2)25(23,24)15-11(18)7-8-13(14(15)21)20-16(22)19-12-6-4-3-5-10(12)17/h5,7-9,12,21H,3-4,6H2,1-2H3,(H2,19,20,22). The van der Waals surface area contributed by atoms with E-state index in [0.29, 0.717) is 11.5 Å². The van der Waals surface area contributed by atoms with Gasteiger partial charge in [0.25, 0.3) is 0 Å². The Labute approximate surface area is 157 Å². The number of aromatic hydroxyl groups is 1. The van der Waals surface area contributed by atoms with Crippen molar-refractivity contribution in [2.45, 2.75) is 49.3 Å². The first-order valence-corrected chi connectivity index (χ1v) is 10.1. The van der Waals surface area contributed by atoms with Gasteiger partial charge in [-0.2, -0.15) is 0 Å². The van der Waals surface area contributed by atoms with E-state index in [-0.39, 0.29) is 16.8 Å². The van der Waals surface area contributed by atoms with Crippen LogP contribution in [-0.4, -0.2) is 30.8 Å². The highest BCUT2D eigenvalue weighted by Gasteiger charge is 2.28. The zero-order valence-electron chi connectivity index (χ0n) is 13.8. The van der Waals surface area contributed by atoms with Gasteiger partial charge in [0.05, 0.1) is 22.0 Å². The first-order chi connectivity index (χ1) is 11.6. The highest BCUT2D eigenvalue weighted by molar-refractivity contribution is 7.92. The lowest BCUT2D eigenvalue weighted by Crippen LogP contribution is -2.39. The number of allylic oxidation sites excluding steroid dienone is 1. The van der Waals surface area contributed by atoms with Crippen LogP contribution < -0.4 is 10.6 Å². The average molecular weight is 407 g/mol. The van der Waals surface area contributed by atoms with Gasteiger partial charge in [0.1, 0.15) is 4.90 Å². The summed E-state index contributed by atoms with van der Waals surface area (Å²) < 4.78 is 24.7. The molecule has 0 fully saturated rings. The van der Waals surface area contributed by atoms with E-state index in [1.165, 1.54) is 26.0 Å². The molecule has 0 spiro atoms. The summed E-state index contributed by atoms with van der Waals surface area (Å²) in [6.07, 6.45) is 4.34. The SMILES string of the molecule is CC(C)S(=O)(=O)c1c(Cl)ccc(NC(=O)NC2CCCC=C2Cl)c1O. The molecule has 0 saturated heterocycles. The molecule has 138 valence electrons. The third kappa shape index (κ3) is 4.40. The molecule has 1 atom stereocenters. The molecule has 1 unspecified atom stereocenters. The lowest BCUT2D eigenvalue weighted by molar-refractivity contribution is 0.249. The maximum absolute atomic E-state index is 12.4. The van der Waals surface area contributed by atoms with Gasteiger partial charge in [-0.15, -0.1) is 0 Å². The molecular weight excluding hydrogens is 387 g/mol. The molecule has 9 heteroatoms. The normalized spacial score (nSPS) is 18.0. The van der Waals surface area contributed by atoms with Crippen LogP contribution in [0.25, 0.3) is 0 Å². The molecular formula is C16H20Cl2N2O4S. The number of amides is 2. The van der Waals surface area contributed by atoms with E-state index in [0.717, 1.165) is 12.8 Å². The minimum Gasteiger partial charge on any atom is -0.504 e. The maximum Gasteiger partial charge on any atom is 0.319 e. The highest BCUT2D eigenvalue weighted by atomic mass is 35.5. The van der Waals surface area contributed by atoms with Gasteiger partial charge < -0.3 is 15.7 Å². The molecule has 25 heavy (non-hydrogen) atoms. The van der Waals surface area contributed by atoms with Gasteiger partial charge in [0.15, 0.2) is 15.6 Å². The minimum atomic E-state index is -3.82. The number of carbonyl (C=O) groups excluding carboxylic acids is 1. The monoisotopic (exact) mass is 406 g/mol. The van der Waals surface area contributed by atoms with Crippen molar-refractivity contribution in [2.75, 3.05) is 5.32 Å². The van der Waals surface area contributed by atoms with Gasteiger partial charge in [0.2, 0.25) is 0 Å². The van der Waals surface area contributed by atoms with Crippen LogP contribution in [-0.2, 0) is 9.84 Å². The Kier molecular flexibility index (Phi) is 6.24. The fraction of sp³-hybridized carbons (Fsp3) is 0.438. The van der Waals surface area contributed by atoms with E-state index in [1.54, 1.807) is 0 Å². The molecule has 0 radical (unpaired) electrons. The van der Waals surface area contributed by atoms with Crippen molar-refractivity contribution in [1.29, 1.82) is 0 Å². The molecule has 3 N–H and O–H groups in total. The van der Waals surface area contributed by atoms with E-state index in [2.05, 4.69) is 10.6 Å². The summed E-state index contributed by atoms with van der Waals surface area (Å²) in [5, 5.41) is 15.1. The Bertz CT molecular complexity index is 807. The predicted octanol–water partition coefficient (Wildman–Crippen LogP) is 4.02. The Morgan fingerprint density at radius 2 is 2.00 bits per heavy atom. The minimum absolute atomic E-state index is 0.0444. The fourth-order valence-electron chi connectivity index (χ4n) is 2.45. The predicted molar refractivity (Wildman–Crippen MR) is 99.2 cm³/mol. The van der Waals surface area contributed by atoms with Crippen molar-refractivity contribution in [3.8, 4) is 5.75 Å². The van der Waals surface area contributed by atoms with Gasteiger partial charge >= 0.3 is 6.03 Å². The summed E-state index contributed by atoms with van der Waals surface area (Å²) in [7, 11) is -3.82. The van der Waals surface area contributed by atoms with Gasteiger partial charge in [0, 0.05) is 5.03 Å². The zero-order valence-corrected chi connectivity index (χ0v) is 16.2. The van der Waals surface area contributed by atoms with E-state index in [1.807, 2.05) is 6.08 Å². The zero-order chi connectivity index (χ0) is 18.8. The summed E-state index contributed by atoms with van der Waals surface area (Å²) in [5.41, 5.74) is -0.0444. The summed E-state index contributed by atoms with van der Waals surface area (Å²) in [6, 6.07) is 1.77. The largest absolute Gasteiger partial charge is 0.504 e. The second kappa shape index (κ2) is 7.85. The number of carbonyl (C=O) groups is 1. The van der Waals surface area contributed by atoms with E-state index >= 15 is 0 Å². The number of anilines is 1. The van der Waals surface area contributed by atoms with Crippen molar-refractivity contribution in [3.05, 3.63) is 28.3 Å². The van der Waals surface area contributed by atoms with Crippen molar-refractivity contribution >= 4 is 44.8 Å². The number of hydrogen-bond donors (Lipinski definition) is 3. The molecule has 1 aromatic rings. The molecule has 0 aliphatic heterocycles. The first-order valence-electron chi connectivity index (χ1n) is 7.83. The molecule has 2 rings (SSSR count). The van der Waals surface area contributed by atoms with Crippen molar-refractivity contribution < 1.29 is 18.3 Å². The van der Waals surface area contributed by atoms with Crippen molar-refractivity contribution in [2.24, 2.45) is 0 Å².